The number of carbonyl (C=O) groups is 1. The number of hydrogen-bond donors (Lipinski definition) is 1. The van der Waals surface area contributed by atoms with Crippen LogP contribution in [0.25, 0.3) is 0 Å². The van der Waals surface area contributed by atoms with Crippen molar-refractivity contribution < 1.29 is 4.79 Å². The number of rotatable bonds is 1. The summed E-state index contributed by atoms with van der Waals surface area (Å²) in [5.74, 6) is 1.37. The summed E-state index contributed by atoms with van der Waals surface area (Å²) in [6.45, 7) is 8.00. The van der Waals surface area contributed by atoms with E-state index in [2.05, 4.69) is 13.8 Å². The van der Waals surface area contributed by atoms with Crippen LogP contribution in [0.15, 0.2) is 0 Å². The van der Waals surface area contributed by atoms with Crippen molar-refractivity contribution in [2.75, 3.05) is 26.2 Å². The van der Waals surface area contributed by atoms with Gasteiger partial charge in [0.15, 0.2) is 0 Å². The first-order valence-electron chi connectivity index (χ1n) is 7.37. The van der Waals surface area contributed by atoms with Gasteiger partial charge in [0.2, 0.25) is 0 Å². The van der Waals surface area contributed by atoms with Crippen LogP contribution in [-0.4, -0.2) is 48.1 Å². The van der Waals surface area contributed by atoms with E-state index < -0.39 is 0 Å². The van der Waals surface area contributed by atoms with Crippen LogP contribution >= 0.6 is 12.4 Å². The van der Waals surface area contributed by atoms with E-state index in [4.69, 9.17) is 5.73 Å². The van der Waals surface area contributed by atoms with Crippen LogP contribution in [0, 0.1) is 11.8 Å². The number of piperidine rings is 2. The van der Waals surface area contributed by atoms with Gasteiger partial charge in [-0.3, -0.25) is 0 Å². The van der Waals surface area contributed by atoms with Gasteiger partial charge in [-0.15, -0.1) is 12.4 Å². The molecule has 0 bridgehead atoms. The Labute approximate surface area is 123 Å². The van der Waals surface area contributed by atoms with Crippen LogP contribution in [0.3, 0.4) is 0 Å². The number of urea groups is 1. The highest BCUT2D eigenvalue weighted by Gasteiger charge is 2.29. The van der Waals surface area contributed by atoms with E-state index in [0.29, 0.717) is 5.92 Å². The highest BCUT2D eigenvalue weighted by molar-refractivity contribution is 5.85. The van der Waals surface area contributed by atoms with Crippen molar-refractivity contribution in [3.05, 3.63) is 0 Å². The van der Waals surface area contributed by atoms with Crippen LogP contribution in [0.5, 0.6) is 0 Å². The maximum atomic E-state index is 12.4. The molecule has 2 N–H and O–H groups in total. The first-order chi connectivity index (χ1) is 8.58. The maximum Gasteiger partial charge on any atom is 0.319 e. The Balaban J connectivity index is 0.00000180. The van der Waals surface area contributed by atoms with E-state index in [9.17, 15) is 4.79 Å². The smallest absolute Gasteiger partial charge is 0.319 e. The van der Waals surface area contributed by atoms with Crippen molar-refractivity contribution >= 4 is 18.4 Å². The number of carbonyl (C=O) groups excluding carboxylic acids is 1. The van der Waals surface area contributed by atoms with Gasteiger partial charge >= 0.3 is 6.03 Å². The van der Waals surface area contributed by atoms with Gasteiger partial charge < -0.3 is 15.5 Å². The van der Waals surface area contributed by atoms with Crippen molar-refractivity contribution in [1.82, 2.24) is 9.80 Å². The van der Waals surface area contributed by atoms with Crippen LogP contribution in [-0.2, 0) is 0 Å². The molecule has 5 heteroatoms. The fourth-order valence-electron chi connectivity index (χ4n) is 3.02. The zero-order chi connectivity index (χ0) is 13.1. The molecule has 1 atom stereocenters. The van der Waals surface area contributed by atoms with Gasteiger partial charge in [-0.25, -0.2) is 4.79 Å². The summed E-state index contributed by atoms with van der Waals surface area (Å²) in [6, 6.07) is 0.517. The lowest BCUT2D eigenvalue weighted by Crippen LogP contribution is -2.50. The number of nitrogens with zero attached hydrogens (tertiary/aromatic N) is 2. The predicted octanol–water partition coefficient (Wildman–Crippen LogP) is 2.32. The normalized spacial score (nSPS) is 23.9. The Hall–Kier alpha value is -0.480. The Morgan fingerprint density at radius 3 is 1.89 bits per heavy atom. The van der Waals surface area contributed by atoms with Crippen LogP contribution < -0.4 is 5.73 Å². The molecule has 0 aromatic rings. The lowest BCUT2D eigenvalue weighted by molar-refractivity contribution is 0.115. The molecule has 0 aromatic heterocycles. The van der Waals surface area contributed by atoms with Crippen LogP contribution in [0.1, 0.15) is 39.5 Å². The Kier molecular flexibility index (Phi) is 6.40. The Bertz CT molecular complexity index is 282. The average molecular weight is 290 g/mol. The minimum absolute atomic E-state index is 0. The van der Waals surface area contributed by atoms with E-state index in [0.717, 1.165) is 57.8 Å². The van der Waals surface area contributed by atoms with Gasteiger partial charge in [0, 0.05) is 32.2 Å². The molecule has 0 saturated carbocycles. The molecule has 1 unspecified atom stereocenters. The molecule has 0 radical (unpaired) electrons. The second kappa shape index (κ2) is 7.34. The summed E-state index contributed by atoms with van der Waals surface area (Å²) in [5.41, 5.74) is 5.93. The summed E-state index contributed by atoms with van der Waals surface area (Å²) in [5, 5.41) is 0. The Morgan fingerprint density at radius 2 is 1.47 bits per heavy atom. The molecule has 0 spiro atoms. The molecule has 2 heterocycles. The lowest BCUT2D eigenvalue weighted by atomic mass is 9.91. The molecule has 2 amide bonds. The largest absolute Gasteiger partial charge is 0.328 e. The van der Waals surface area contributed by atoms with Crippen molar-refractivity contribution in [2.24, 2.45) is 17.6 Å². The van der Waals surface area contributed by atoms with Gasteiger partial charge in [0.05, 0.1) is 0 Å². The number of amides is 2. The number of likely N-dealkylation sites (tertiary alicyclic amines) is 2. The van der Waals surface area contributed by atoms with Crippen molar-refractivity contribution in [1.29, 1.82) is 0 Å². The summed E-state index contributed by atoms with van der Waals surface area (Å²) in [4.78, 5) is 16.4. The summed E-state index contributed by atoms with van der Waals surface area (Å²) in [7, 11) is 0. The summed E-state index contributed by atoms with van der Waals surface area (Å²) >= 11 is 0. The zero-order valence-electron chi connectivity index (χ0n) is 12.2. The van der Waals surface area contributed by atoms with Gasteiger partial charge in [-0.1, -0.05) is 6.92 Å². The number of halogens is 1. The highest BCUT2D eigenvalue weighted by atomic mass is 35.5. The topological polar surface area (TPSA) is 49.6 Å². The fraction of sp³-hybridized carbons (Fsp3) is 0.929. The third-order valence-electron chi connectivity index (χ3n) is 4.61. The van der Waals surface area contributed by atoms with Crippen molar-refractivity contribution in [2.45, 2.75) is 45.6 Å². The molecule has 0 aromatic carbocycles. The Morgan fingerprint density at radius 1 is 1.05 bits per heavy atom. The minimum atomic E-state index is 0. The summed E-state index contributed by atoms with van der Waals surface area (Å²) < 4.78 is 0. The molecule has 0 aliphatic carbocycles. The van der Waals surface area contributed by atoms with Crippen molar-refractivity contribution in [3.8, 4) is 0 Å². The molecule has 2 aliphatic rings. The third-order valence-corrected chi connectivity index (χ3v) is 4.61. The first-order valence-corrected chi connectivity index (χ1v) is 7.37. The average Bonchev–Trinajstić information content (AvgIpc) is 2.39. The van der Waals surface area contributed by atoms with Crippen LogP contribution in [0.2, 0.25) is 0 Å². The number of nitrogens with two attached hydrogens (primary N) is 1. The molecular formula is C14H28ClN3O. The molecule has 2 aliphatic heterocycles. The van der Waals surface area contributed by atoms with E-state index in [1.807, 2.05) is 9.80 Å². The molecule has 19 heavy (non-hydrogen) atoms. The number of hydrogen-bond acceptors (Lipinski definition) is 2. The second-order valence-electron chi connectivity index (χ2n) is 6.14. The predicted molar refractivity (Wildman–Crippen MR) is 80.6 cm³/mol. The fourth-order valence-corrected chi connectivity index (χ4v) is 3.02. The first kappa shape index (κ1) is 16.6. The SMILES string of the molecule is CC1CCN(C(=O)N2CCC(C(C)N)CC2)CC1.Cl. The minimum Gasteiger partial charge on any atom is -0.328 e. The van der Waals surface area contributed by atoms with E-state index in [-0.39, 0.29) is 24.5 Å². The van der Waals surface area contributed by atoms with Crippen LogP contribution in [0.4, 0.5) is 4.79 Å². The van der Waals surface area contributed by atoms with Crippen molar-refractivity contribution in [3.63, 3.8) is 0 Å². The second-order valence-corrected chi connectivity index (χ2v) is 6.14. The van der Waals surface area contributed by atoms with Gasteiger partial charge in [0.25, 0.3) is 0 Å². The molecule has 2 saturated heterocycles. The molecule has 2 fully saturated rings. The van der Waals surface area contributed by atoms with E-state index in [1.165, 1.54) is 0 Å². The standard InChI is InChI=1S/C14H27N3O.ClH/c1-11-3-7-16(8-4-11)14(18)17-9-5-13(6-10-17)12(2)15;/h11-13H,3-10,15H2,1-2H3;1H. The van der Waals surface area contributed by atoms with E-state index in [1.54, 1.807) is 0 Å². The van der Waals surface area contributed by atoms with E-state index >= 15 is 0 Å². The van der Waals surface area contributed by atoms with Gasteiger partial charge in [-0.05, 0) is 44.4 Å². The molecule has 4 nitrogen and oxygen atoms in total. The molecular weight excluding hydrogens is 262 g/mol. The monoisotopic (exact) mass is 289 g/mol. The third kappa shape index (κ3) is 4.25. The summed E-state index contributed by atoms with van der Waals surface area (Å²) in [6.07, 6.45) is 4.44. The van der Waals surface area contributed by atoms with Gasteiger partial charge in [-0.2, -0.15) is 0 Å². The van der Waals surface area contributed by atoms with Gasteiger partial charge in [0.1, 0.15) is 0 Å². The molecule has 2 rings (SSSR count). The maximum absolute atomic E-state index is 12.4. The zero-order valence-corrected chi connectivity index (χ0v) is 13.0. The highest BCUT2D eigenvalue weighted by Crippen LogP contribution is 2.22. The quantitative estimate of drug-likeness (QED) is 0.805. The lowest BCUT2D eigenvalue weighted by Gasteiger charge is -2.39. The molecule has 112 valence electrons.